The third kappa shape index (κ3) is 2.61. The van der Waals surface area contributed by atoms with Crippen LogP contribution in [0.15, 0.2) is 18.2 Å². The number of carbonyl (C=O) groups excluding carboxylic acids is 2. The fourth-order valence-corrected chi connectivity index (χ4v) is 1.76. The van der Waals surface area contributed by atoms with E-state index in [4.69, 9.17) is 14.2 Å². The van der Waals surface area contributed by atoms with Crippen LogP contribution in [0.25, 0.3) is 0 Å². The van der Waals surface area contributed by atoms with Gasteiger partial charge in [-0.05, 0) is 31.0 Å². The van der Waals surface area contributed by atoms with Gasteiger partial charge in [-0.25, -0.2) is 0 Å². The van der Waals surface area contributed by atoms with Crippen molar-refractivity contribution in [3.05, 3.63) is 23.8 Å². The van der Waals surface area contributed by atoms with Crippen molar-refractivity contribution in [2.45, 2.75) is 13.3 Å². The fraction of sp³-hybridized carbons (Fsp3) is 0.385. The van der Waals surface area contributed by atoms with Crippen molar-refractivity contribution >= 4 is 12.3 Å². The molecular weight excluding hydrogens is 236 g/mol. The van der Waals surface area contributed by atoms with Gasteiger partial charge in [0.1, 0.15) is 12.2 Å². The van der Waals surface area contributed by atoms with Crippen molar-refractivity contribution in [1.82, 2.24) is 0 Å². The van der Waals surface area contributed by atoms with Crippen molar-refractivity contribution in [2.75, 3.05) is 13.4 Å². The summed E-state index contributed by atoms with van der Waals surface area (Å²) in [7, 11) is 0. The summed E-state index contributed by atoms with van der Waals surface area (Å²) < 4.78 is 15.3. The van der Waals surface area contributed by atoms with Gasteiger partial charge in [-0.2, -0.15) is 0 Å². The highest BCUT2D eigenvalue weighted by Crippen LogP contribution is 2.33. The minimum atomic E-state index is -0.773. The molecule has 0 amide bonds. The molecule has 1 aromatic carbocycles. The summed E-state index contributed by atoms with van der Waals surface area (Å²) in [6.45, 7) is 2.18. The van der Waals surface area contributed by atoms with E-state index in [0.29, 0.717) is 24.2 Å². The number of hydrogen-bond acceptors (Lipinski definition) is 5. The second-order valence-corrected chi connectivity index (χ2v) is 3.89. The van der Waals surface area contributed by atoms with Crippen LogP contribution in [0.3, 0.4) is 0 Å². The van der Waals surface area contributed by atoms with Gasteiger partial charge in [-0.3, -0.25) is 4.79 Å². The highest BCUT2D eigenvalue weighted by atomic mass is 16.7. The number of ether oxygens (including phenoxy) is 3. The van der Waals surface area contributed by atoms with Crippen molar-refractivity contribution in [3.8, 4) is 11.5 Å². The Morgan fingerprint density at radius 3 is 2.94 bits per heavy atom. The van der Waals surface area contributed by atoms with Crippen LogP contribution in [0, 0.1) is 5.92 Å². The lowest BCUT2D eigenvalue weighted by molar-refractivity contribution is -0.149. The molecule has 1 heterocycles. The third-order valence-corrected chi connectivity index (χ3v) is 2.65. The molecule has 0 spiro atoms. The molecule has 0 fully saturated rings. The van der Waals surface area contributed by atoms with Crippen molar-refractivity contribution in [2.24, 2.45) is 5.92 Å². The quantitative estimate of drug-likeness (QED) is 0.448. The van der Waals surface area contributed by atoms with Crippen LogP contribution < -0.4 is 9.47 Å². The molecule has 5 nitrogen and oxygen atoms in total. The fourth-order valence-electron chi connectivity index (χ4n) is 1.76. The number of benzene rings is 1. The lowest BCUT2D eigenvalue weighted by Gasteiger charge is -2.09. The summed E-state index contributed by atoms with van der Waals surface area (Å²) in [4.78, 5) is 22.4. The Kier molecular flexibility index (Phi) is 3.82. The van der Waals surface area contributed by atoms with E-state index in [1.54, 1.807) is 19.1 Å². The molecule has 5 heteroatoms. The van der Waals surface area contributed by atoms with Gasteiger partial charge >= 0.3 is 5.97 Å². The highest BCUT2D eigenvalue weighted by molar-refractivity contribution is 5.88. The van der Waals surface area contributed by atoms with Crippen molar-refractivity contribution in [1.29, 1.82) is 0 Å². The zero-order valence-corrected chi connectivity index (χ0v) is 10.0. The minimum Gasteiger partial charge on any atom is -0.465 e. The van der Waals surface area contributed by atoms with Crippen LogP contribution >= 0.6 is 0 Å². The largest absolute Gasteiger partial charge is 0.465 e. The van der Waals surface area contributed by atoms with E-state index in [9.17, 15) is 9.59 Å². The predicted molar refractivity (Wildman–Crippen MR) is 62.5 cm³/mol. The number of aldehydes is 1. The van der Waals surface area contributed by atoms with Gasteiger partial charge < -0.3 is 19.0 Å². The molecular formula is C13H14O5. The summed E-state index contributed by atoms with van der Waals surface area (Å²) in [5.74, 6) is 0.0500. The molecule has 1 atom stereocenters. The monoisotopic (exact) mass is 250 g/mol. The molecule has 96 valence electrons. The molecule has 0 aromatic heterocycles. The van der Waals surface area contributed by atoms with Gasteiger partial charge in [-0.15, -0.1) is 0 Å². The van der Waals surface area contributed by atoms with Crippen LogP contribution in [-0.2, 0) is 20.7 Å². The first-order valence-corrected chi connectivity index (χ1v) is 5.75. The SMILES string of the molecule is CCOC(=O)C(C=O)Cc1ccc2c(c1)OCO2. The normalized spacial score (nSPS) is 14.1. The first kappa shape index (κ1) is 12.4. The molecule has 1 aromatic rings. The standard InChI is InChI=1S/C13H14O5/c1-2-16-13(15)10(7-14)5-9-3-4-11-12(6-9)18-8-17-11/h3-4,6-7,10H,2,5,8H2,1H3. The van der Waals surface area contributed by atoms with Gasteiger partial charge in [-0.1, -0.05) is 6.07 Å². The molecule has 0 saturated heterocycles. The van der Waals surface area contributed by atoms with Gasteiger partial charge in [0.05, 0.1) is 6.61 Å². The van der Waals surface area contributed by atoms with Gasteiger partial charge in [0.2, 0.25) is 6.79 Å². The van der Waals surface area contributed by atoms with Gasteiger partial charge in [0.15, 0.2) is 11.5 Å². The molecule has 1 aliphatic heterocycles. The molecule has 2 rings (SSSR count). The molecule has 0 aliphatic carbocycles. The Morgan fingerprint density at radius 1 is 1.44 bits per heavy atom. The Morgan fingerprint density at radius 2 is 2.22 bits per heavy atom. The zero-order chi connectivity index (χ0) is 13.0. The number of hydrogen-bond donors (Lipinski definition) is 0. The summed E-state index contributed by atoms with van der Waals surface area (Å²) in [5, 5.41) is 0. The molecule has 0 N–H and O–H groups in total. The lowest BCUT2D eigenvalue weighted by atomic mass is 10.0. The second-order valence-electron chi connectivity index (χ2n) is 3.89. The molecule has 0 saturated carbocycles. The van der Waals surface area contributed by atoms with Crippen LogP contribution in [0.5, 0.6) is 11.5 Å². The number of rotatable bonds is 5. The van der Waals surface area contributed by atoms with Crippen LogP contribution in [0.1, 0.15) is 12.5 Å². The van der Waals surface area contributed by atoms with Crippen LogP contribution in [-0.4, -0.2) is 25.7 Å². The first-order chi connectivity index (χ1) is 8.74. The lowest BCUT2D eigenvalue weighted by Crippen LogP contribution is -2.21. The van der Waals surface area contributed by atoms with Crippen molar-refractivity contribution in [3.63, 3.8) is 0 Å². The van der Waals surface area contributed by atoms with Crippen LogP contribution in [0.2, 0.25) is 0 Å². The average molecular weight is 250 g/mol. The van der Waals surface area contributed by atoms with E-state index < -0.39 is 11.9 Å². The second kappa shape index (κ2) is 5.53. The molecule has 0 bridgehead atoms. The predicted octanol–water partition coefficient (Wildman–Crippen LogP) is 1.34. The molecule has 1 unspecified atom stereocenters. The number of carbonyl (C=O) groups is 2. The topological polar surface area (TPSA) is 61.8 Å². The maximum absolute atomic E-state index is 11.5. The van der Waals surface area contributed by atoms with Gasteiger partial charge in [0, 0.05) is 0 Å². The van der Waals surface area contributed by atoms with E-state index in [0.717, 1.165) is 5.56 Å². The Balaban J connectivity index is 2.07. The van der Waals surface area contributed by atoms with E-state index in [1.807, 2.05) is 6.07 Å². The number of esters is 1. The van der Waals surface area contributed by atoms with E-state index in [2.05, 4.69) is 0 Å². The highest BCUT2D eigenvalue weighted by Gasteiger charge is 2.21. The van der Waals surface area contributed by atoms with E-state index >= 15 is 0 Å². The Hall–Kier alpha value is -2.04. The summed E-state index contributed by atoms with van der Waals surface area (Å²) in [6, 6.07) is 5.35. The molecule has 1 aliphatic rings. The minimum absolute atomic E-state index is 0.202. The maximum atomic E-state index is 11.5. The summed E-state index contributed by atoms with van der Waals surface area (Å²) in [5.41, 5.74) is 0.837. The maximum Gasteiger partial charge on any atom is 0.316 e. The van der Waals surface area contributed by atoms with Crippen LogP contribution in [0.4, 0.5) is 0 Å². The third-order valence-electron chi connectivity index (χ3n) is 2.65. The molecule has 0 radical (unpaired) electrons. The summed E-state index contributed by atoms with van der Waals surface area (Å²) in [6.07, 6.45) is 0.918. The number of fused-ring (bicyclic) bond motifs is 1. The first-order valence-electron chi connectivity index (χ1n) is 5.75. The Bertz CT molecular complexity index is 455. The molecule has 18 heavy (non-hydrogen) atoms. The smallest absolute Gasteiger partial charge is 0.316 e. The summed E-state index contributed by atoms with van der Waals surface area (Å²) >= 11 is 0. The van der Waals surface area contributed by atoms with E-state index in [1.165, 1.54) is 0 Å². The zero-order valence-electron chi connectivity index (χ0n) is 10.0. The van der Waals surface area contributed by atoms with E-state index in [-0.39, 0.29) is 13.4 Å². The van der Waals surface area contributed by atoms with Crippen molar-refractivity contribution < 1.29 is 23.8 Å². The Labute approximate surface area is 105 Å². The average Bonchev–Trinajstić information content (AvgIpc) is 2.83. The van der Waals surface area contributed by atoms with Gasteiger partial charge in [0.25, 0.3) is 0 Å².